The van der Waals surface area contributed by atoms with E-state index in [-0.39, 0.29) is 12.2 Å². The first-order chi connectivity index (χ1) is 11.4. The molecule has 136 valence electrons. The van der Waals surface area contributed by atoms with E-state index in [0.717, 1.165) is 12.1 Å². The molecule has 0 amide bonds. The van der Waals surface area contributed by atoms with Gasteiger partial charge in [0, 0.05) is 23.9 Å². The zero-order valence-corrected chi connectivity index (χ0v) is 13.8. The summed E-state index contributed by atoms with van der Waals surface area (Å²) in [6, 6.07) is 4.25. The third-order valence-electron chi connectivity index (χ3n) is 3.76. The summed E-state index contributed by atoms with van der Waals surface area (Å²) in [5.74, 6) is 1.10. The number of furan rings is 1. The van der Waals surface area contributed by atoms with Gasteiger partial charge in [-0.15, -0.1) is 0 Å². The number of aliphatic hydroxyl groups is 1. The fraction of sp³-hybridized carbons (Fsp3) is 0.375. The van der Waals surface area contributed by atoms with Crippen molar-refractivity contribution >= 4 is 11.4 Å². The molecule has 6 nitrogen and oxygen atoms in total. The highest BCUT2D eigenvalue weighted by Gasteiger charge is 2.38. The average Bonchev–Trinajstić information content (AvgIpc) is 2.83. The van der Waals surface area contributed by atoms with E-state index in [1.165, 1.54) is 6.92 Å². The molecule has 25 heavy (non-hydrogen) atoms. The Morgan fingerprint density at radius 1 is 1.24 bits per heavy atom. The van der Waals surface area contributed by atoms with Crippen molar-refractivity contribution in [2.45, 2.75) is 32.5 Å². The second-order valence-corrected chi connectivity index (χ2v) is 5.94. The molecule has 1 heterocycles. The Balaban J connectivity index is 2.26. The van der Waals surface area contributed by atoms with Gasteiger partial charge >= 0.3 is 6.18 Å². The molecule has 0 spiro atoms. The smallest absolute Gasteiger partial charge is 0.423 e. The summed E-state index contributed by atoms with van der Waals surface area (Å²) in [5.41, 5.74) is -3.25. The van der Waals surface area contributed by atoms with Crippen LogP contribution in [0.1, 0.15) is 29.6 Å². The fourth-order valence-electron chi connectivity index (χ4n) is 2.57. The van der Waals surface area contributed by atoms with Crippen LogP contribution in [0.4, 0.5) is 24.5 Å². The highest BCUT2D eigenvalue weighted by molar-refractivity contribution is 5.55. The summed E-state index contributed by atoms with van der Waals surface area (Å²) in [5, 5.41) is 24.0. The summed E-state index contributed by atoms with van der Waals surface area (Å²) in [6.07, 6.45) is -4.86. The van der Waals surface area contributed by atoms with Gasteiger partial charge in [-0.25, -0.2) is 0 Å². The molecule has 1 unspecified atom stereocenters. The van der Waals surface area contributed by atoms with Gasteiger partial charge in [0.05, 0.1) is 4.92 Å². The lowest BCUT2D eigenvalue weighted by molar-refractivity contribution is -0.388. The van der Waals surface area contributed by atoms with Gasteiger partial charge in [0.25, 0.3) is 5.69 Å². The Labute approximate surface area is 141 Å². The summed E-state index contributed by atoms with van der Waals surface area (Å²) in [4.78, 5) is 9.67. The molecule has 0 bridgehead atoms. The number of rotatable bonds is 5. The number of anilines is 1. The van der Waals surface area contributed by atoms with Crippen molar-refractivity contribution in [1.82, 2.24) is 0 Å². The van der Waals surface area contributed by atoms with Crippen molar-refractivity contribution in [1.29, 1.82) is 0 Å². The monoisotopic (exact) mass is 358 g/mol. The molecule has 1 aromatic heterocycles. The van der Waals surface area contributed by atoms with Crippen molar-refractivity contribution in [2.24, 2.45) is 0 Å². The molecule has 0 radical (unpaired) electrons. The van der Waals surface area contributed by atoms with Crippen molar-refractivity contribution in [3.05, 3.63) is 57.0 Å². The highest BCUT2D eigenvalue weighted by Crippen LogP contribution is 2.38. The number of hydrogen-bond acceptors (Lipinski definition) is 5. The molecule has 0 aliphatic heterocycles. The van der Waals surface area contributed by atoms with Crippen LogP contribution in [-0.4, -0.2) is 16.6 Å². The van der Waals surface area contributed by atoms with E-state index in [0.29, 0.717) is 23.2 Å². The number of nitrogens with zero attached hydrogens (tertiary/aromatic N) is 1. The van der Waals surface area contributed by atoms with Crippen LogP contribution in [-0.2, 0) is 11.8 Å². The molecule has 0 aliphatic rings. The second kappa shape index (κ2) is 6.40. The average molecular weight is 358 g/mol. The topological polar surface area (TPSA) is 88.5 Å². The van der Waals surface area contributed by atoms with E-state index in [1.54, 1.807) is 19.9 Å². The lowest BCUT2D eigenvalue weighted by Gasteiger charge is -2.24. The Morgan fingerprint density at radius 2 is 1.88 bits per heavy atom. The summed E-state index contributed by atoms with van der Waals surface area (Å²) in [6.45, 7) is 4.77. The fourth-order valence-corrected chi connectivity index (χ4v) is 2.57. The summed E-state index contributed by atoms with van der Waals surface area (Å²) in [7, 11) is 0. The number of nitro benzene ring substituents is 1. The molecule has 0 saturated heterocycles. The van der Waals surface area contributed by atoms with E-state index in [1.807, 2.05) is 0 Å². The van der Waals surface area contributed by atoms with Crippen LogP contribution in [0, 0.1) is 24.0 Å². The van der Waals surface area contributed by atoms with Crippen molar-refractivity contribution in [3.63, 3.8) is 0 Å². The molecule has 2 N–H and O–H groups in total. The minimum Gasteiger partial charge on any atom is -0.466 e. The van der Waals surface area contributed by atoms with Gasteiger partial charge in [-0.1, -0.05) is 0 Å². The van der Waals surface area contributed by atoms with E-state index in [9.17, 15) is 28.4 Å². The molecular weight excluding hydrogens is 341 g/mol. The van der Waals surface area contributed by atoms with Gasteiger partial charge in [-0.2, -0.15) is 13.2 Å². The highest BCUT2D eigenvalue weighted by atomic mass is 19.4. The zero-order chi connectivity index (χ0) is 19.0. The molecule has 9 heteroatoms. The van der Waals surface area contributed by atoms with Crippen molar-refractivity contribution < 1.29 is 27.6 Å². The number of hydrogen-bond donors (Lipinski definition) is 2. The number of nitro groups is 1. The predicted molar refractivity (Wildman–Crippen MR) is 84.3 cm³/mol. The van der Waals surface area contributed by atoms with Crippen LogP contribution in [0.2, 0.25) is 0 Å². The minimum absolute atomic E-state index is 0.0102. The van der Waals surface area contributed by atoms with Crippen LogP contribution in [0.3, 0.4) is 0 Å². The maximum Gasteiger partial charge on any atom is 0.423 e. The Hall–Kier alpha value is -2.55. The Kier molecular flexibility index (Phi) is 4.81. The Morgan fingerprint density at radius 3 is 2.36 bits per heavy atom. The summed E-state index contributed by atoms with van der Waals surface area (Å²) >= 11 is 0. The van der Waals surface area contributed by atoms with Crippen LogP contribution in [0.25, 0.3) is 0 Å². The van der Waals surface area contributed by atoms with Crippen LogP contribution >= 0.6 is 0 Å². The van der Waals surface area contributed by atoms with Gasteiger partial charge in [-0.3, -0.25) is 10.1 Å². The van der Waals surface area contributed by atoms with Gasteiger partial charge in [0.15, 0.2) is 0 Å². The lowest BCUT2D eigenvalue weighted by Crippen LogP contribution is -2.31. The number of benzene rings is 1. The normalized spacial score (nSPS) is 14.2. The molecule has 0 saturated carbocycles. The maximum atomic E-state index is 13.0. The third kappa shape index (κ3) is 4.11. The minimum atomic E-state index is -4.86. The van der Waals surface area contributed by atoms with Gasteiger partial charge in [0.2, 0.25) is 0 Å². The zero-order valence-electron chi connectivity index (χ0n) is 13.8. The standard InChI is InChI=1S/C16H17F3N2O4/c1-9-6-12(10(2)25-9)15(3,22)8-20-11-4-5-14(21(23)24)13(7-11)16(17,18)19/h4-7,20,22H,8H2,1-3H3. The number of aryl methyl sites for hydroxylation is 2. The first-order valence-corrected chi connectivity index (χ1v) is 7.31. The van der Waals surface area contributed by atoms with Gasteiger partial charge < -0.3 is 14.8 Å². The molecule has 2 aromatic rings. The predicted octanol–water partition coefficient (Wildman–Crippen LogP) is 4.14. The van der Waals surface area contributed by atoms with Crippen LogP contribution in [0.15, 0.2) is 28.7 Å². The number of alkyl halides is 3. The summed E-state index contributed by atoms with van der Waals surface area (Å²) < 4.78 is 44.3. The van der Waals surface area contributed by atoms with Gasteiger partial charge in [0.1, 0.15) is 22.7 Å². The number of halogens is 3. The second-order valence-electron chi connectivity index (χ2n) is 5.94. The maximum absolute atomic E-state index is 13.0. The van der Waals surface area contributed by atoms with Crippen molar-refractivity contribution in [2.75, 3.05) is 11.9 Å². The molecular formula is C16H17F3N2O4. The van der Waals surface area contributed by atoms with Crippen molar-refractivity contribution in [3.8, 4) is 0 Å². The van der Waals surface area contributed by atoms with E-state index in [2.05, 4.69) is 5.32 Å². The Bertz CT molecular complexity index is 797. The third-order valence-corrected chi connectivity index (χ3v) is 3.76. The lowest BCUT2D eigenvalue weighted by atomic mass is 9.96. The SMILES string of the molecule is Cc1cc(C(C)(O)CNc2ccc([N+](=O)[O-])c(C(F)(F)F)c2)c(C)o1. The van der Waals surface area contributed by atoms with E-state index >= 15 is 0 Å². The molecule has 0 aliphatic carbocycles. The molecule has 1 aromatic carbocycles. The molecule has 0 fully saturated rings. The van der Waals surface area contributed by atoms with E-state index < -0.39 is 28.0 Å². The number of nitrogens with one attached hydrogen (secondary N) is 1. The first-order valence-electron chi connectivity index (χ1n) is 7.31. The molecule has 1 atom stereocenters. The molecule has 2 rings (SSSR count). The van der Waals surface area contributed by atoms with Crippen LogP contribution < -0.4 is 5.32 Å². The van der Waals surface area contributed by atoms with Gasteiger partial charge in [-0.05, 0) is 39.0 Å². The van der Waals surface area contributed by atoms with E-state index in [4.69, 9.17) is 4.42 Å². The first kappa shape index (κ1) is 18.8. The quantitative estimate of drug-likeness (QED) is 0.619. The van der Waals surface area contributed by atoms with Crippen LogP contribution in [0.5, 0.6) is 0 Å². The largest absolute Gasteiger partial charge is 0.466 e.